The van der Waals surface area contributed by atoms with E-state index in [-0.39, 0.29) is 11.9 Å². The SMILES string of the molecule is CCC(C)c1ccc(OC(CN)c2cccc(F)c2)cc1. The van der Waals surface area contributed by atoms with Crippen LogP contribution >= 0.6 is 0 Å². The molecule has 2 rings (SSSR count). The van der Waals surface area contributed by atoms with E-state index in [0.29, 0.717) is 12.5 Å². The largest absolute Gasteiger partial charge is 0.484 e. The molecule has 0 saturated heterocycles. The molecule has 0 fully saturated rings. The molecule has 0 radical (unpaired) electrons. The summed E-state index contributed by atoms with van der Waals surface area (Å²) in [6, 6.07) is 14.4. The van der Waals surface area contributed by atoms with Crippen molar-refractivity contribution in [2.24, 2.45) is 5.73 Å². The maximum atomic E-state index is 13.3. The van der Waals surface area contributed by atoms with Crippen molar-refractivity contribution in [1.82, 2.24) is 0 Å². The molecule has 2 aromatic carbocycles. The quantitative estimate of drug-likeness (QED) is 0.853. The fraction of sp³-hybridized carbons (Fsp3) is 0.333. The van der Waals surface area contributed by atoms with Gasteiger partial charge in [0.15, 0.2) is 0 Å². The second-order valence-corrected chi connectivity index (χ2v) is 5.28. The molecular weight excluding hydrogens is 265 g/mol. The molecule has 112 valence electrons. The van der Waals surface area contributed by atoms with E-state index >= 15 is 0 Å². The van der Waals surface area contributed by atoms with Crippen molar-refractivity contribution >= 4 is 0 Å². The molecule has 0 amide bonds. The molecule has 0 aliphatic rings. The van der Waals surface area contributed by atoms with Crippen molar-refractivity contribution in [2.45, 2.75) is 32.3 Å². The van der Waals surface area contributed by atoms with E-state index in [9.17, 15) is 4.39 Å². The van der Waals surface area contributed by atoms with E-state index in [1.807, 2.05) is 18.2 Å². The van der Waals surface area contributed by atoms with Gasteiger partial charge in [-0.1, -0.05) is 38.1 Å². The minimum atomic E-state index is -0.338. The van der Waals surface area contributed by atoms with Crippen molar-refractivity contribution in [1.29, 1.82) is 0 Å². The van der Waals surface area contributed by atoms with E-state index in [4.69, 9.17) is 10.5 Å². The number of benzene rings is 2. The molecule has 21 heavy (non-hydrogen) atoms. The first-order chi connectivity index (χ1) is 10.1. The van der Waals surface area contributed by atoms with E-state index in [2.05, 4.69) is 26.0 Å². The summed E-state index contributed by atoms with van der Waals surface area (Å²) >= 11 is 0. The fourth-order valence-electron chi connectivity index (χ4n) is 2.23. The highest BCUT2D eigenvalue weighted by Gasteiger charge is 2.12. The Hall–Kier alpha value is -1.87. The Labute approximate surface area is 125 Å². The third-order valence-corrected chi connectivity index (χ3v) is 3.77. The summed E-state index contributed by atoms with van der Waals surface area (Å²) in [6.07, 6.45) is 0.768. The maximum absolute atomic E-state index is 13.3. The van der Waals surface area contributed by atoms with Gasteiger partial charge < -0.3 is 10.5 Å². The molecule has 2 unspecified atom stereocenters. The molecule has 0 saturated carbocycles. The normalized spacial score (nSPS) is 13.7. The highest BCUT2D eigenvalue weighted by Crippen LogP contribution is 2.25. The lowest BCUT2D eigenvalue weighted by atomic mass is 9.99. The number of rotatable bonds is 6. The molecule has 2 aromatic rings. The Morgan fingerprint density at radius 1 is 1.10 bits per heavy atom. The van der Waals surface area contributed by atoms with Gasteiger partial charge in [0, 0.05) is 6.54 Å². The summed E-state index contributed by atoms with van der Waals surface area (Å²) in [6.45, 7) is 4.67. The van der Waals surface area contributed by atoms with E-state index in [0.717, 1.165) is 17.7 Å². The average molecular weight is 287 g/mol. The highest BCUT2D eigenvalue weighted by atomic mass is 19.1. The summed E-state index contributed by atoms with van der Waals surface area (Å²) in [5.74, 6) is 1.01. The Balaban J connectivity index is 2.12. The molecule has 2 N–H and O–H groups in total. The van der Waals surface area contributed by atoms with Crippen molar-refractivity contribution < 1.29 is 9.13 Å². The Kier molecular flexibility index (Phi) is 5.34. The zero-order valence-electron chi connectivity index (χ0n) is 12.6. The number of halogens is 1. The lowest BCUT2D eigenvalue weighted by Crippen LogP contribution is -2.18. The van der Waals surface area contributed by atoms with Crippen LogP contribution in [0.25, 0.3) is 0 Å². The van der Waals surface area contributed by atoms with Crippen LogP contribution in [0.4, 0.5) is 4.39 Å². The van der Waals surface area contributed by atoms with Crippen LogP contribution in [0.2, 0.25) is 0 Å². The predicted octanol–water partition coefficient (Wildman–Crippen LogP) is 4.42. The number of nitrogens with two attached hydrogens (primary N) is 1. The van der Waals surface area contributed by atoms with Crippen LogP contribution < -0.4 is 10.5 Å². The fourth-order valence-corrected chi connectivity index (χ4v) is 2.23. The third-order valence-electron chi connectivity index (χ3n) is 3.77. The Morgan fingerprint density at radius 2 is 1.81 bits per heavy atom. The second-order valence-electron chi connectivity index (χ2n) is 5.28. The van der Waals surface area contributed by atoms with Crippen LogP contribution in [0.5, 0.6) is 5.75 Å². The smallest absolute Gasteiger partial charge is 0.136 e. The van der Waals surface area contributed by atoms with Crippen LogP contribution in [0, 0.1) is 5.82 Å². The molecule has 0 aliphatic heterocycles. The first-order valence-corrected chi connectivity index (χ1v) is 7.36. The van der Waals surface area contributed by atoms with Crippen LogP contribution in [-0.2, 0) is 0 Å². The molecule has 2 atom stereocenters. The first kappa shape index (κ1) is 15.5. The Morgan fingerprint density at radius 3 is 2.38 bits per heavy atom. The van der Waals surface area contributed by atoms with Gasteiger partial charge in [-0.3, -0.25) is 0 Å². The maximum Gasteiger partial charge on any atom is 0.136 e. The van der Waals surface area contributed by atoms with Gasteiger partial charge in [0.05, 0.1) is 0 Å². The van der Waals surface area contributed by atoms with Gasteiger partial charge in [-0.15, -0.1) is 0 Å². The first-order valence-electron chi connectivity index (χ1n) is 7.36. The van der Waals surface area contributed by atoms with Crippen molar-refractivity contribution in [3.05, 3.63) is 65.5 Å². The number of hydrogen-bond acceptors (Lipinski definition) is 2. The van der Waals surface area contributed by atoms with Crippen LogP contribution in [0.1, 0.15) is 43.4 Å². The number of hydrogen-bond donors (Lipinski definition) is 1. The van der Waals surface area contributed by atoms with Crippen LogP contribution in [0.15, 0.2) is 48.5 Å². The second kappa shape index (κ2) is 7.23. The van der Waals surface area contributed by atoms with Gasteiger partial charge in [-0.25, -0.2) is 4.39 Å². The lowest BCUT2D eigenvalue weighted by molar-refractivity contribution is 0.213. The minimum Gasteiger partial charge on any atom is -0.484 e. The summed E-state index contributed by atoms with van der Waals surface area (Å²) in [7, 11) is 0. The van der Waals surface area contributed by atoms with Gasteiger partial charge in [-0.05, 0) is 47.7 Å². The van der Waals surface area contributed by atoms with Gasteiger partial charge in [-0.2, -0.15) is 0 Å². The predicted molar refractivity (Wildman–Crippen MR) is 84.0 cm³/mol. The monoisotopic (exact) mass is 287 g/mol. The topological polar surface area (TPSA) is 35.2 Å². The zero-order chi connectivity index (χ0) is 15.2. The number of ether oxygens (including phenoxy) is 1. The summed E-state index contributed by atoms with van der Waals surface area (Å²) in [4.78, 5) is 0. The van der Waals surface area contributed by atoms with E-state index in [1.165, 1.54) is 17.7 Å². The van der Waals surface area contributed by atoms with E-state index in [1.54, 1.807) is 6.07 Å². The molecular formula is C18H22FNO. The summed E-state index contributed by atoms with van der Waals surface area (Å²) in [5, 5.41) is 0. The van der Waals surface area contributed by atoms with Crippen LogP contribution in [0.3, 0.4) is 0 Å². The summed E-state index contributed by atoms with van der Waals surface area (Å²) in [5.41, 5.74) is 7.80. The average Bonchev–Trinajstić information content (AvgIpc) is 2.52. The molecule has 0 aromatic heterocycles. The third kappa shape index (κ3) is 4.05. The highest BCUT2D eigenvalue weighted by molar-refractivity contribution is 5.30. The minimum absolute atomic E-state index is 0.276. The molecule has 2 nitrogen and oxygen atoms in total. The van der Waals surface area contributed by atoms with Crippen molar-refractivity contribution in [3.63, 3.8) is 0 Å². The van der Waals surface area contributed by atoms with Gasteiger partial charge >= 0.3 is 0 Å². The van der Waals surface area contributed by atoms with Gasteiger partial charge in [0.2, 0.25) is 0 Å². The molecule has 0 aliphatic carbocycles. The summed E-state index contributed by atoms with van der Waals surface area (Å²) < 4.78 is 19.2. The lowest BCUT2D eigenvalue weighted by Gasteiger charge is -2.18. The van der Waals surface area contributed by atoms with Crippen LogP contribution in [-0.4, -0.2) is 6.54 Å². The van der Waals surface area contributed by atoms with Gasteiger partial charge in [0.1, 0.15) is 17.7 Å². The van der Waals surface area contributed by atoms with E-state index < -0.39 is 0 Å². The van der Waals surface area contributed by atoms with Crippen molar-refractivity contribution in [3.8, 4) is 5.75 Å². The molecule has 0 heterocycles. The molecule has 0 spiro atoms. The van der Waals surface area contributed by atoms with Crippen molar-refractivity contribution in [2.75, 3.05) is 6.54 Å². The van der Waals surface area contributed by atoms with Gasteiger partial charge in [0.25, 0.3) is 0 Å². The molecule has 0 bridgehead atoms. The zero-order valence-corrected chi connectivity index (χ0v) is 12.6. The molecule has 3 heteroatoms. The standard InChI is InChI=1S/C18H22FNO/c1-3-13(2)14-7-9-17(10-8-14)21-18(12-20)15-5-4-6-16(19)11-15/h4-11,13,18H,3,12,20H2,1-2H3. The Bertz CT molecular complexity index is 568.